The van der Waals surface area contributed by atoms with Crippen molar-refractivity contribution in [2.75, 3.05) is 0 Å². The van der Waals surface area contributed by atoms with Crippen LogP contribution in [0.15, 0.2) is 10.7 Å². The van der Waals surface area contributed by atoms with Gasteiger partial charge in [-0.1, -0.05) is 5.12 Å². The Morgan fingerprint density at radius 1 is 0.955 bits per heavy atom. The Balaban J connectivity index is 3.90. The van der Waals surface area contributed by atoms with Gasteiger partial charge in [0.1, 0.15) is 0 Å². The van der Waals surface area contributed by atoms with E-state index in [2.05, 4.69) is 5.73 Å². The molecule has 0 radical (unpaired) electrons. The summed E-state index contributed by atoms with van der Waals surface area (Å²) >= 11 is -1.72. The molecular formula is C7H2F12N2S. The molecule has 0 spiro atoms. The summed E-state index contributed by atoms with van der Waals surface area (Å²) in [6, 6.07) is 0. The van der Waals surface area contributed by atoms with Crippen molar-refractivity contribution in [1.82, 2.24) is 5.12 Å². The lowest BCUT2D eigenvalue weighted by Gasteiger charge is -2.37. The van der Waals surface area contributed by atoms with E-state index in [1.54, 1.807) is 0 Å². The lowest BCUT2D eigenvalue weighted by atomic mass is 9.96. The second-order valence-electron chi connectivity index (χ2n) is 3.84. The molecular weight excluding hydrogens is 372 g/mol. The van der Waals surface area contributed by atoms with Crippen LogP contribution in [0.3, 0.4) is 0 Å². The number of allylic oxidation sites excluding steroid dienone is 1. The fourth-order valence-electron chi connectivity index (χ4n) is 1.55. The van der Waals surface area contributed by atoms with Crippen molar-refractivity contribution >= 4 is 11.8 Å². The fraction of sp³-hybridized carbons (Fsp3) is 0.714. The molecule has 1 unspecified atom stereocenters. The Morgan fingerprint density at radius 2 is 1.32 bits per heavy atom. The second-order valence-corrected chi connectivity index (χ2v) is 5.02. The molecule has 0 aliphatic carbocycles. The Kier molecular flexibility index (Phi) is 4.22. The molecule has 0 amide bonds. The molecule has 1 atom stereocenters. The van der Waals surface area contributed by atoms with Crippen molar-refractivity contribution in [3.8, 4) is 0 Å². The van der Waals surface area contributed by atoms with Crippen molar-refractivity contribution in [3.63, 3.8) is 0 Å². The first-order valence-corrected chi connectivity index (χ1v) is 5.46. The standard InChI is InChI=1S/C7H2F12N2S/c8-1(4(9,10)11)2-3(5(12,13)14,6(15,16)17)21(19)7(18,20)22-2/h20H2. The van der Waals surface area contributed by atoms with Gasteiger partial charge in [0.25, 0.3) is 10.8 Å². The number of hydrogen-bond donors (Lipinski definition) is 1. The Morgan fingerprint density at radius 3 is 1.59 bits per heavy atom. The molecule has 15 heteroatoms. The molecule has 1 rings (SSSR count). The van der Waals surface area contributed by atoms with E-state index < -0.39 is 56.9 Å². The maximum atomic E-state index is 13.3. The Labute approximate surface area is 116 Å². The molecule has 0 aromatic carbocycles. The Hall–Kier alpha value is -0.830. The average molecular weight is 374 g/mol. The summed E-state index contributed by atoms with van der Waals surface area (Å²) in [5.74, 6) is -3.96. The summed E-state index contributed by atoms with van der Waals surface area (Å²) < 4.78 is 152. The summed E-state index contributed by atoms with van der Waals surface area (Å²) in [4.78, 5) is -3.33. The summed E-state index contributed by atoms with van der Waals surface area (Å²) in [5.41, 5.74) is -2.09. The van der Waals surface area contributed by atoms with Crippen LogP contribution in [0.2, 0.25) is 0 Å². The molecule has 2 N–H and O–H groups in total. The minimum absolute atomic E-state index is 1.72. The molecule has 0 bridgehead atoms. The number of alkyl halides is 10. The first-order chi connectivity index (χ1) is 9.40. The molecule has 22 heavy (non-hydrogen) atoms. The molecule has 1 heterocycles. The molecule has 1 aliphatic heterocycles. The smallest absolute Gasteiger partial charge is 0.275 e. The van der Waals surface area contributed by atoms with Crippen LogP contribution in [0.1, 0.15) is 0 Å². The minimum atomic E-state index is -6.90. The summed E-state index contributed by atoms with van der Waals surface area (Å²) in [6.07, 6.45) is -20.2. The molecule has 1 aliphatic rings. The summed E-state index contributed by atoms with van der Waals surface area (Å²) in [7, 11) is 0. The monoisotopic (exact) mass is 374 g/mol. The average Bonchev–Trinajstić information content (AvgIpc) is 2.43. The zero-order valence-electron chi connectivity index (χ0n) is 9.47. The third-order valence-corrected chi connectivity index (χ3v) is 3.53. The molecule has 0 saturated carbocycles. The number of nitrogens with zero attached hydrogens (tertiary/aromatic N) is 1. The summed E-state index contributed by atoms with van der Waals surface area (Å²) in [5, 5.41) is -7.46. The molecule has 1 saturated heterocycles. The van der Waals surface area contributed by atoms with Gasteiger partial charge < -0.3 is 0 Å². The highest BCUT2D eigenvalue weighted by molar-refractivity contribution is 8.04. The van der Waals surface area contributed by atoms with E-state index in [1.807, 2.05) is 0 Å². The highest BCUT2D eigenvalue weighted by Crippen LogP contribution is 2.65. The van der Waals surface area contributed by atoms with E-state index in [-0.39, 0.29) is 0 Å². The van der Waals surface area contributed by atoms with Crippen LogP contribution in [0.4, 0.5) is 52.8 Å². The molecule has 0 aromatic rings. The number of rotatable bonds is 0. The normalized spacial score (nSPS) is 29.9. The number of nitrogens with two attached hydrogens (primary N) is 1. The first-order valence-electron chi connectivity index (χ1n) is 4.64. The van der Waals surface area contributed by atoms with Gasteiger partial charge in [0.15, 0.2) is 0 Å². The van der Waals surface area contributed by atoms with Crippen LogP contribution in [0, 0.1) is 0 Å². The van der Waals surface area contributed by atoms with E-state index in [4.69, 9.17) is 0 Å². The van der Waals surface area contributed by atoms with E-state index in [1.165, 1.54) is 0 Å². The van der Waals surface area contributed by atoms with Crippen molar-refractivity contribution in [1.29, 1.82) is 0 Å². The van der Waals surface area contributed by atoms with Gasteiger partial charge in [0.05, 0.1) is 4.91 Å². The Bertz CT molecular complexity index is 471. The first kappa shape index (κ1) is 19.2. The van der Waals surface area contributed by atoms with Crippen LogP contribution in [-0.4, -0.2) is 34.4 Å². The number of thioether (sulfide) groups is 1. The topological polar surface area (TPSA) is 29.3 Å². The molecule has 1 fully saturated rings. The maximum Gasteiger partial charge on any atom is 0.443 e. The van der Waals surface area contributed by atoms with E-state index in [0.717, 1.165) is 0 Å². The minimum Gasteiger partial charge on any atom is -0.275 e. The van der Waals surface area contributed by atoms with E-state index >= 15 is 0 Å². The van der Waals surface area contributed by atoms with Gasteiger partial charge in [-0.05, 0) is 11.8 Å². The van der Waals surface area contributed by atoms with Crippen LogP contribution in [-0.2, 0) is 0 Å². The third-order valence-electron chi connectivity index (χ3n) is 2.40. The van der Waals surface area contributed by atoms with Crippen LogP contribution >= 0.6 is 11.8 Å². The number of halogens is 12. The van der Waals surface area contributed by atoms with E-state index in [0.29, 0.717) is 0 Å². The van der Waals surface area contributed by atoms with Gasteiger partial charge in [0, 0.05) is 0 Å². The highest BCUT2D eigenvalue weighted by atomic mass is 32.2. The van der Waals surface area contributed by atoms with Gasteiger partial charge in [0.2, 0.25) is 5.83 Å². The summed E-state index contributed by atoms with van der Waals surface area (Å²) in [6.45, 7) is 0. The second kappa shape index (κ2) is 4.83. The molecule has 0 aromatic heterocycles. The van der Waals surface area contributed by atoms with Crippen molar-refractivity contribution in [2.24, 2.45) is 5.73 Å². The van der Waals surface area contributed by atoms with Gasteiger partial charge in [-0.15, -0.1) is 4.48 Å². The van der Waals surface area contributed by atoms with Gasteiger partial charge >= 0.3 is 18.5 Å². The van der Waals surface area contributed by atoms with Crippen molar-refractivity contribution < 1.29 is 52.8 Å². The lowest BCUT2D eigenvalue weighted by Crippen LogP contribution is -2.67. The predicted octanol–water partition coefficient (Wildman–Crippen LogP) is 4.07. The van der Waals surface area contributed by atoms with Gasteiger partial charge in [-0.2, -0.15) is 43.9 Å². The van der Waals surface area contributed by atoms with Crippen molar-refractivity contribution in [2.45, 2.75) is 29.3 Å². The van der Waals surface area contributed by atoms with Crippen LogP contribution < -0.4 is 5.73 Å². The predicted molar refractivity (Wildman–Crippen MR) is 47.6 cm³/mol. The van der Waals surface area contributed by atoms with Crippen LogP contribution in [0.25, 0.3) is 0 Å². The SMILES string of the molecule is NC1(F)SC(=C(F)C(F)(F)F)C(C(F)(F)F)(C(F)(F)F)N1F. The quantitative estimate of drug-likeness (QED) is 0.394. The largest absolute Gasteiger partial charge is 0.443 e. The highest BCUT2D eigenvalue weighted by Gasteiger charge is 2.85. The van der Waals surface area contributed by atoms with Crippen molar-refractivity contribution in [3.05, 3.63) is 10.7 Å². The van der Waals surface area contributed by atoms with Gasteiger partial charge in [-0.3, -0.25) is 5.73 Å². The third kappa shape index (κ3) is 2.51. The zero-order chi connectivity index (χ0) is 17.9. The van der Waals surface area contributed by atoms with Gasteiger partial charge in [-0.25, -0.2) is 4.39 Å². The molecule has 130 valence electrons. The maximum absolute atomic E-state index is 13.3. The zero-order valence-corrected chi connectivity index (χ0v) is 10.3. The van der Waals surface area contributed by atoms with Crippen LogP contribution in [0.5, 0.6) is 0 Å². The van der Waals surface area contributed by atoms with E-state index in [9.17, 15) is 52.8 Å². The molecule has 2 nitrogen and oxygen atoms in total. The lowest BCUT2D eigenvalue weighted by molar-refractivity contribution is -0.368. The number of hydrogen-bond acceptors (Lipinski definition) is 3. The fourth-order valence-corrected chi connectivity index (χ4v) is 2.72.